The van der Waals surface area contributed by atoms with Crippen LogP contribution in [0.3, 0.4) is 0 Å². The molecule has 0 aliphatic heterocycles. The minimum absolute atomic E-state index is 0.210. The molecule has 0 aliphatic carbocycles. The molecule has 4 nitrogen and oxygen atoms in total. The van der Waals surface area contributed by atoms with Crippen molar-refractivity contribution in [1.82, 2.24) is 9.44 Å². The smallest absolute Gasteiger partial charge is 0.274 e. The van der Waals surface area contributed by atoms with Crippen LogP contribution in [0.25, 0.3) is 0 Å². The number of amides is 1. The molecule has 1 aromatic rings. The first-order valence-corrected chi connectivity index (χ1v) is 4.65. The fourth-order valence-electron chi connectivity index (χ4n) is 0.617. The van der Waals surface area contributed by atoms with Gasteiger partial charge in [0.2, 0.25) is 0 Å². The fraction of sp³-hybridized carbons (Fsp3) is 0.333. The van der Waals surface area contributed by atoms with Crippen molar-refractivity contribution in [2.45, 2.75) is 0 Å². The van der Waals surface area contributed by atoms with Gasteiger partial charge >= 0.3 is 0 Å². The molecule has 0 radical (unpaired) electrons. The van der Waals surface area contributed by atoms with E-state index in [9.17, 15) is 4.79 Å². The Hall–Kier alpha value is -0.460. The molecule has 1 rings (SSSR count). The number of carbonyl (C=O) groups excluding carboxylic acids is 1. The van der Waals surface area contributed by atoms with Crippen molar-refractivity contribution in [2.75, 3.05) is 14.2 Å². The Morgan fingerprint density at radius 1 is 1.83 bits per heavy atom. The van der Waals surface area contributed by atoms with E-state index in [1.54, 1.807) is 7.05 Å². The van der Waals surface area contributed by atoms with Gasteiger partial charge in [0.05, 0.1) is 18.9 Å². The van der Waals surface area contributed by atoms with Crippen LogP contribution in [0, 0.1) is 0 Å². The molecule has 12 heavy (non-hydrogen) atoms. The van der Waals surface area contributed by atoms with Crippen LogP contribution >= 0.6 is 27.5 Å². The molecule has 0 unspecified atom stereocenters. The van der Waals surface area contributed by atoms with Crippen LogP contribution in [0.1, 0.15) is 10.4 Å². The van der Waals surface area contributed by atoms with E-state index in [1.165, 1.54) is 24.8 Å². The Labute approximate surface area is 82.4 Å². The number of hydrogen-bond donors (Lipinski definition) is 0. The van der Waals surface area contributed by atoms with Crippen LogP contribution in [-0.2, 0) is 4.84 Å². The van der Waals surface area contributed by atoms with E-state index in [2.05, 4.69) is 20.3 Å². The second-order valence-electron chi connectivity index (χ2n) is 2.00. The minimum atomic E-state index is -0.210. The van der Waals surface area contributed by atoms with Crippen LogP contribution in [-0.4, -0.2) is 29.5 Å². The van der Waals surface area contributed by atoms with Crippen molar-refractivity contribution in [3.05, 3.63) is 15.5 Å². The number of halogens is 1. The number of rotatable bonds is 2. The van der Waals surface area contributed by atoms with Crippen molar-refractivity contribution >= 4 is 33.4 Å². The van der Waals surface area contributed by atoms with Crippen molar-refractivity contribution < 1.29 is 9.63 Å². The lowest BCUT2D eigenvalue weighted by molar-refractivity contribution is -0.0757. The maximum Gasteiger partial charge on any atom is 0.280 e. The summed E-state index contributed by atoms with van der Waals surface area (Å²) >= 11 is 4.44. The third-order valence-corrected chi connectivity index (χ3v) is 2.77. The zero-order valence-electron chi connectivity index (χ0n) is 6.57. The van der Waals surface area contributed by atoms with Gasteiger partial charge in [-0.25, -0.2) is 5.06 Å². The van der Waals surface area contributed by atoms with E-state index in [-0.39, 0.29) is 5.91 Å². The van der Waals surface area contributed by atoms with Gasteiger partial charge in [0, 0.05) is 7.05 Å². The zero-order valence-corrected chi connectivity index (χ0v) is 8.98. The molecule has 0 N–H and O–H groups in total. The van der Waals surface area contributed by atoms with Crippen molar-refractivity contribution in [3.63, 3.8) is 0 Å². The zero-order chi connectivity index (χ0) is 9.14. The largest absolute Gasteiger partial charge is 0.280 e. The van der Waals surface area contributed by atoms with Crippen LogP contribution in [0.5, 0.6) is 0 Å². The highest BCUT2D eigenvalue weighted by Gasteiger charge is 2.16. The van der Waals surface area contributed by atoms with E-state index in [0.29, 0.717) is 5.56 Å². The standard InChI is InChI=1S/C6H7BrN2O2S/c1-9(11-2)6(10)4-3-8-12-5(4)7/h3H,1-2H3. The first-order valence-electron chi connectivity index (χ1n) is 3.09. The second-order valence-corrected chi connectivity index (χ2v) is 4.12. The molecule has 0 spiro atoms. The Balaban J connectivity index is 2.85. The summed E-state index contributed by atoms with van der Waals surface area (Å²) in [5.74, 6) is -0.210. The summed E-state index contributed by atoms with van der Waals surface area (Å²) in [5.41, 5.74) is 0.518. The predicted octanol–water partition coefficient (Wildman–Crippen LogP) is 1.54. The van der Waals surface area contributed by atoms with Crippen molar-refractivity contribution in [3.8, 4) is 0 Å². The molecule has 66 valence electrons. The molecule has 0 aromatic carbocycles. The second kappa shape index (κ2) is 3.97. The third kappa shape index (κ3) is 1.82. The number of hydrogen-bond acceptors (Lipinski definition) is 4. The van der Waals surface area contributed by atoms with Gasteiger partial charge in [0.25, 0.3) is 5.91 Å². The molecule has 0 saturated carbocycles. The molecule has 6 heteroatoms. The SMILES string of the molecule is CON(C)C(=O)c1cnsc1Br. The van der Waals surface area contributed by atoms with Crippen LogP contribution in [0.2, 0.25) is 0 Å². The first-order chi connectivity index (χ1) is 5.66. The highest BCUT2D eigenvalue weighted by molar-refractivity contribution is 9.11. The molecule has 0 bridgehead atoms. The highest BCUT2D eigenvalue weighted by atomic mass is 79.9. The van der Waals surface area contributed by atoms with E-state index in [4.69, 9.17) is 4.84 Å². The summed E-state index contributed by atoms with van der Waals surface area (Å²) in [6, 6.07) is 0. The van der Waals surface area contributed by atoms with Gasteiger partial charge in [-0.3, -0.25) is 9.63 Å². The van der Waals surface area contributed by atoms with Gasteiger partial charge in [0.15, 0.2) is 0 Å². The van der Waals surface area contributed by atoms with Gasteiger partial charge in [-0.05, 0) is 27.5 Å². The lowest BCUT2D eigenvalue weighted by Gasteiger charge is -2.11. The Kier molecular flexibility index (Phi) is 3.19. The number of hydroxylamine groups is 2. The van der Waals surface area contributed by atoms with E-state index in [1.807, 2.05) is 0 Å². The average Bonchev–Trinajstić information content (AvgIpc) is 2.48. The lowest BCUT2D eigenvalue weighted by atomic mass is 10.3. The summed E-state index contributed by atoms with van der Waals surface area (Å²) in [6.45, 7) is 0. The van der Waals surface area contributed by atoms with Crippen molar-refractivity contribution in [1.29, 1.82) is 0 Å². The predicted molar refractivity (Wildman–Crippen MR) is 48.9 cm³/mol. The van der Waals surface area contributed by atoms with Crippen LogP contribution in [0.4, 0.5) is 0 Å². The molecule has 1 amide bonds. The van der Waals surface area contributed by atoms with Crippen LogP contribution < -0.4 is 0 Å². The molecule has 1 aromatic heterocycles. The lowest BCUT2D eigenvalue weighted by Crippen LogP contribution is -2.25. The molecule has 1 heterocycles. The third-order valence-electron chi connectivity index (χ3n) is 1.32. The first kappa shape index (κ1) is 9.63. The van der Waals surface area contributed by atoms with Gasteiger partial charge < -0.3 is 0 Å². The molecular weight excluding hydrogens is 244 g/mol. The molecule has 0 fully saturated rings. The van der Waals surface area contributed by atoms with Crippen LogP contribution in [0.15, 0.2) is 9.98 Å². The maximum absolute atomic E-state index is 11.4. The quantitative estimate of drug-likeness (QED) is 0.749. The summed E-state index contributed by atoms with van der Waals surface area (Å²) in [6.07, 6.45) is 1.51. The van der Waals surface area contributed by atoms with Crippen molar-refractivity contribution in [2.24, 2.45) is 0 Å². The number of carbonyl (C=O) groups is 1. The van der Waals surface area contributed by atoms with Gasteiger partial charge in [-0.15, -0.1) is 0 Å². The number of aromatic nitrogens is 1. The normalized spacial score (nSPS) is 9.92. The minimum Gasteiger partial charge on any atom is -0.274 e. The summed E-state index contributed by atoms with van der Waals surface area (Å²) in [5, 5.41) is 1.15. The van der Waals surface area contributed by atoms with Gasteiger partial charge in [-0.1, -0.05) is 0 Å². The van der Waals surface area contributed by atoms with Gasteiger partial charge in [-0.2, -0.15) is 4.37 Å². The molecule has 0 aliphatic rings. The molecule has 0 saturated heterocycles. The van der Waals surface area contributed by atoms with E-state index < -0.39 is 0 Å². The Bertz CT molecular complexity index is 289. The van der Waals surface area contributed by atoms with E-state index in [0.717, 1.165) is 8.85 Å². The highest BCUT2D eigenvalue weighted by Crippen LogP contribution is 2.21. The maximum atomic E-state index is 11.4. The summed E-state index contributed by atoms with van der Waals surface area (Å²) in [7, 11) is 2.98. The van der Waals surface area contributed by atoms with Gasteiger partial charge in [0.1, 0.15) is 3.79 Å². The Morgan fingerprint density at radius 3 is 2.92 bits per heavy atom. The summed E-state index contributed by atoms with van der Waals surface area (Å²) in [4.78, 5) is 16.1. The summed E-state index contributed by atoms with van der Waals surface area (Å²) < 4.78 is 4.57. The number of nitrogens with zero attached hydrogens (tertiary/aromatic N) is 2. The molecule has 0 atom stereocenters. The van der Waals surface area contributed by atoms with E-state index >= 15 is 0 Å². The molecular formula is C6H7BrN2O2S. The Morgan fingerprint density at radius 2 is 2.50 bits per heavy atom. The monoisotopic (exact) mass is 250 g/mol. The topological polar surface area (TPSA) is 42.4 Å². The fourth-order valence-corrected chi connectivity index (χ4v) is 1.63. The average molecular weight is 251 g/mol.